The Hall–Kier alpha value is -2.19. The van der Waals surface area contributed by atoms with Crippen LogP contribution in [0.15, 0.2) is 35.8 Å². The number of hydrogen-bond donors (Lipinski definition) is 0. The second-order valence-electron chi connectivity index (χ2n) is 2.95. The normalized spacial score (nSPS) is 9.06. The first-order valence-corrected chi connectivity index (χ1v) is 4.73. The van der Waals surface area contributed by atoms with Crippen LogP contribution in [0.3, 0.4) is 0 Å². The third kappa shape index (κ3) is 2.90. The highest BCUT2D eigenvalue weighted by Gasteiger charge is 2.10. The highest BCUT2D eigenvalue weighted by molar-refractivity contribution is 6.15. The molecule has 0 saturated carbocycles. The first kappa shape index (κ1) is 11.9. The van der Waals surface area contributed by atoms with Gasteiger partial charge < -0.3 is 4.74 Å². The van der Waals surface area contributed by atoms with Gasteiger partial charge in [0.2, 0.25) is 6.08 Å². The van der Waals surface area contributed by atoms with Gasteiger partial charge in [-0.05, 0) is 24.6 Å². The van der Waals surface area contributed by atoms with Crippen molar-refractivity contribution in [1.82, 2.24) is 0 Å². The van der Waals surface area contributed by atoms with E-state index >= 15 is 0 Å². The Bertz CT molecular complexity index is 459. The third-order valence-corrected chi connectivity index (χ3v) is 1.89. The van der Waals surface area contributed by atoms with Crippen molar-refractivity contribution in [3.05, 3.63) is 36.4 Å². The Labute approximate surface area is 93.3 Å². The average Bonchev–Trinajstić information content (AvgIpc) is 2.29. The van der Waals surface area contributed by atoms with Crippen LogP contribution in [0.4, 0.5) is 5.69 Å². The largest absolute Gasteiger partial charge is 0.462 e. The van der Waals surface area contributed by atoms with E-state index in [9.17, 15) is 9.59 Å². The van der Waals surface area contributed by atoms with Crippen LogP contribution in [0, 0.1) is 0 Å². The summed E-state index contributed by atoms with van der Waals surface area (Å²) in [5, 5.41) is 0. The number of rotatable bonds is 4. The zero-order chi connectivity index (χ0) is 12.0. The number of ether oxygens (including phenoxy) is 1. The molecule has 1 aromatic rings. The van der Waals surface area contributed by atoms with Gasteiger partial charge in [0.1, 0.15) is 0 Å². The lowest BCUT2D eigenvalue weighted by Crippen LogP contribution is -2.05. The Kier molecular flexibility index (Phi) is 4.18. The quantitative estimate of drug-likeness (QED) is 0.336. The number of isocyanates is 1. The molecule has 0 aliphatic rings. The number of carbonyl (C=O) groups is 1. The molecule has 0 unspecified atom stereocenters. The van der Waals surface area contributed by atoms with Gasteiger partial charge in [-0.15, -0.1) is 0 Å². The minimum atomic E-state index is -0.477. The van der Waals surface area contributed by atoms with Crippen molar-refractivity contribution >= 4 is 23.3 Å². The molecular weight excluding hydrogens is 206 g/mol. The second kappa shape index (κ2) is 5.63. The standard InChI is InChI=1S/C12H11NO3/c1-3-16-12(15)9(2)10-5-4-6-11(7-10)13-8-14/h4-7H,2-3H2,1H3. The van der Waals surface area contributed by atoms with Crippen LogP contribution in [0.25, 0.3) is 5.57 Å². The summed E-state index contributed by atoms with van der Waals surface area (Å²) in [6.07, 6.45) is 1.43. The lowest BCUT2D eigenvalue weighted by atomic mass is 10.1. The lowest BCUT2D eigenvalue weighted by Gasteiger charge is -2.05. The molecule has 0 saturated heterocycles. The zero-order valence-corrected chi connectivity index (χ0v) is 8.90. The van der Waals surface area contributed by atoms with Crippen molar-refractivity contribution in [2.75, 3.05) is 6.61 Å². The van der Waals surface area contributed by atoms with E-state index in [1.165, 1.54) is 6.08 Å². The van der Waals surface area contributed by atoms with Crippen molar-refractivity contribution in [1.29, 1.82) is 0 Å². The summed E-state index contributed by atoms with van der Waals surface area (Å²) in [6.45, 7) is 5.65. The third-order valence-electron chi connectivity index (χ3n) is 1.89. The fourth-order valence-electron chi connectivity index (χ4n) is 1.15. The van der Waals surface area contributed by atoms with E-state index in [1.807, 2.05) is 0 Å². The first-order valence-electron chi connectivity index (χ1n) is 4.73. The van der Waals surface area contributed by atoms with E-state index in [-0.39, 0.29) is 5.57 Å². The summed E-state index contributed by atoms with van der Waals surface area (Å²) in [5.41, 5.74) is 1.25. The molecule has 0 N–H and O–H groups in total. The van der Waals surface area contributed by atoms with Gasteiger partial charge in [0, 0.05) is 0 Å². The average molecular weight is 217 g/mol. The molecule has 1 aromatic carbocycles. The number of nitrogens with zero attached hydrogens (tertiary/aromatic N) is 1. The maximum atomic E-state index is 11.4. The van der Waals surface area contributed by atoms with Crippen LogP contribution in [0.2, 0.25) is 0 Å². The Balaban J connectivity index is 2.95. The van der Waals surface area contributed by atoms with Gasteiger partial charge in [-0.3, -0.25) is 0 Å². The first-order chi connectivity index (χ1) is 7.69. The van der Waals surface area contributed by atoms with Crippen molar-refractivity contribution in [3.8, 4) is 0 Å². The van der Waals surface area contributed by atoms with Crippen molar-refractivity contribution in [3.63, 3.8) is 0 Å². The molecule has 0 heterocycles. The minimum absolute atomic E-state index is 0.241. The van der Waals surface area contributed by atoms with Crippen LogP contribution >= 0.6 is 0 Å². The number of esters is 1. The monoisotopic (exact) mass is 217 g/mol. The highest BCUT2D eigenvalue weighted by atomic mass is 16.5. The van der Waals surface area contributed by atoms with E-state index in [4.69, 9.17) is 4.74 Å². The van der Waals surface area contributed by atoms with E-state index in [1.54, 1.807) is 31.2 Å². The summed E-state index contributed by atoms with van der Waals surface area (Å²) < 4.78 is 4.81. The van der Waals surface area contributed by atoms with Crippen LogP contribution in [-0.2, 0) is 14.3 Å². The Morgan fingerprint density at radius 1 is 1.56 bits per heavy atom. The lowest BCUT2D eigenvalue weighted by molar-refractivity contribution is -0.136. The molecule has 0 radical (unpaired) electrons. The van der Waals surface area contributed by atoms with Gasteiger partial charge in [0.05, 0.1) is 17.9 Å². The van der Waals surface area contributed by atoms with Crippen molar-refractivity contribution in [2.45, 2.75) is 6.92 Å². The summed E-state index contributed by atoms with van der Waals surface area (Å²) >= 11 is 0. The molecule has 1 rings (SSSR count). The zero-order valence-electron chi connectivity index (χ0n) is 8.90. The molecule has 4 nitrogen and oxygen atoms in total. The second-order valence-corrected chi connectivity index (χ2v) is 2.95. The van der Waals surface area contributed by atoms with Gasteiger partial charge in [0.25, 0.3) is 0 Å². The summed E-state index contributed by atoms with van der Waals surface area (Å²) in [5.74, 6) is -0.477. The maximum Gasteiger partial charge on any atom is 0.338 e. The summed E-state index contributed by atoms with van der Waals surface area (Å²) in [7, 11) is 0. The maximum absolute atomic E-state index is 11.4. The van der Waals surface area contributed by atoms with E-state index in [0.717, 1.165) is 0 Å². The van der Waals surface area contributed by atoms with E-state index in [2.05, 4.69) is 11.6 Å². The molecule has 0 bridgehead atoms. The number of carbonyl (C=O) groups excluding carboxylic acids is 2. The van der Waals surface area contributed by atoms with Crippen LogP contribution in [-0.4, -0.2) is 18.7 Å². The van der Waals surface area contributed by atoms with Gasteiger partial charge in [-0.1, -0.05) is 18.7 Å². The van der Waals surface area contributed by atoms with Crippen LogP contribution in [0.5, 0.6) is 0 Å². The molecular formula is C12H11NO3. The van der Waals surface area contributed by atoms with E-state index < -0.39 is 5.97 Å². The SMILES string of the molecule is C=C(C(=O)OCC)c1cccc(N=C=O)c1. The number of hydrogen-bond acceptors (Lipinski definition) is 4. The summed E-state index contributed by atoms with van der Waals surface area (Å²) in [6, 6.07) is 6.58. The molecule has 0 aliphatic heterocycles. The topological polar surface area (TPSA) is 55.7 Å². The van der Waals surface area contributed by atoms with Crippen molar-refractivity contribution < 1.29 is 14.3 Å². The van der Waals surface area contributed by atoms with Crippen LogP contribution in [0.1, 0.15) is 12.5 Å². The highest BCUT2D eigenvalue weighted by Crippen LogP contribution is 2.19. The molecule has 4 heteroatoms. The molecule has 0 spiro atoms. The number of benzene rings is 1. The van der Waals surface area contributed by atoms with Gasteiger partial charge >= 0.3 is 5.97 Å². The van der Waals surface area contributed by atoms with Crippen LogP contribution < -0.4 is 0 Å². The molecule has 16 heavy (non-hydrogen) atoms. The fourth-order valence-corrected chi connectivity index (χ4v) is 1.15. The fraction of sp³-hybridized carbons (Fsp3) is 0.167. The molecule has 0 aliphatic carbocycles. The molecule has 0 amide bonds. The predicted octanol–water partition coefficient (Wildman–Crippen LogP) is 2.23. The Morgan fingerprint density at radius 3 is 2.94 bits per heavy atom. The Morgan fingerprint density at radius 2 is 2.31 bits per heavy atom. The number of aliphatic imine (C=N–C) groups is 1. The van der Waals surface area contributed by atoms with E-state index in [0.29, 0.717) is 17.9 Å². The molecule has 82 valence electrons. The molecule has 0 aromatic heterocycles. The van der Waals surface area contributed by atoms with Gasteiger partial charge in [-0.25, -0.2) is 9.59 Å². The van der Waals surface area contributed by atoms with Gasteiger partial charge in [-0.2, -0.15) is 4.99 Å². The minimum Gasteiger partial charge on any atom is -0.462 e. The predicted molar refractivity (Wildman–Crippen MR) is 59.9 cm³/mol. The molecule has 0 fully saturated rings. The smallest absolute Gasteiger partial charge is 0.338 e. The van der Waals surface area contributed by atoms with Crippen molar-refractivity contribution in [2.24, 2.45) is 4.99 Å². The molecule has 0 atom stereocenters. The van der Waals surface area contributed by atoms with Gasteiger partial charge in [0.15, 0.2) is 0 Å². The summed E-state index contributed by atoms with van der Waals surface area (Å²) in [4.78, 5) is 24.9.